The Morgan fingerprint density at radius 2 is 1.44 bits per heavy atom. The molecular formula is C33H33BrFN3O4S. The van der Waals surface area contributed by atoms with E-state index in [9.17, 15) is 22.4 Å². The number of rotatable bonds is 12. The van der Waals surface area contributed by atoms with Crippen molar-refractivity contribution < 1.29 is 22.4 Å². The van der Waals surface area contributed by atoms with E-state index in [0.717, 1.165) is 32.0 Å². The monoisotopic (exact) mass is 665 g/mol. The molecule has 0 saturated carbocycles. The normalized spacial score (nSPS) is 12.0. The van der Waals surface area contributed by atoms with Gasteiger partial charge in [0.25, 0.3) is 10.0 Å². The molecular weight excluding hydrogens is 633 g/mol. The maximum atomic E-state index is 14.3. The number of carbonyl (C=O) groups excluding carboxylic acids is 2. The van der Waals surface area contributed by atoms with E-state index in [0.29, 0.717) is 0 Å². The molecule has 0 radical (unpaired) electrons. The number of nitrogens with one attached hydrogen (secondary N) is 1. The van der Waals surface area contributed by atoms with Crippen molar-refractivity contribution in [1.29, 1.82) is 0 Å². The summed E-state index contributed by atoms with van der Waals surface area (Å²) in [5.74, 6) is -1.51. The number of carbonyl (C=O) groups is 2. The minimum Gasteiger partial charge on any atom is -0.352 e. The quantitative estimate of drug-likeness (QED) is 0.203. The van der Waals surface area contributed by atoms with Crippen LogP contribution in [0, 0.1) is 5.82 Å². The van der Waals surface area contributed by atoms with Gasteiger partial charge >= 0.3 is 0 Å². The number of hydrogen-bond acceptors (Lipinski definition) is 4. The lowest BCUT2D eigenvalue weighted by Crippen LogP contribution is -2.54. The first-order valence-electron chi connectivity index (χ1n) is 13.8. The van der Waals surface area contributed by atoms with E-state index in [1.807, 2.05) is 68.4 Å². The van der Waals surface area contributed by atoms with E-state index in [1.54, 1.807) is 30.3 Å². The van der Waals surface area contributed by atoms with Crippen molar-refractivity contribution >= 4 is 43.5 Å². The lowest BCUT2D eigenvalue weighted by molar-refractivity contribution is -0.140. The molecule has 0 aromatic heterocycles. The first kappa shape index (κ1) is 31.9. The molecule has 0 aliphatic heterocycles. The Bertz CT molecular complexity index is 1640. The first-order chi connectivity index (χ1) is 20.5. The highest BCUT2D eigenvalue weighted by Crippen LogP contribution is 2.25. The number of nitrogens with zero attached hydrogens (tertiary/aromatic N) is 2. The molecule has 4 aromatic carbocycles. The van der Waals surface area contributed by atoms with Crippen LogP contribution in [0.15, 0.2) is 119 Å². The van der Waals surface area contributed by atoms with Crippen LogP contribution in [0.4, 0.5) is 10.1 Å². The average Bonchev–Trinajstić information content (AvgIpc) is 2.98. The van der Waals surface area contributed by atoms with Crippen LogP contribution in [-0.4, -0.2) is 43.8 Å². The number of anilines is 1. The van der Waals surface area contributed by atoms with Gasteiger partial charge in [-0.05, 0) is 73.5 Å². The molecule has 0 saturated heterocycles. The Balaban J connectivity index is 1.79. The lowest BCUT2D eigenvalue weighted by atomic mass is 10.0. The van der Waals surface area contributed by atoms with Gasteiger partial charge < -0.3 is 10.2 Å². The second-order valence-corrected chi connectivity index (χ2v) is 13.1. The molecule has 4 rings (SSSR count). The number of sulfonamides is 1. The van der Waals surface area contributed by atoms with Crippen LogP contribution in [-0.2, 0) is 32.6 Å². The minimum absolute atomic E-state index is 0.0561. The second kappa shape index (κ2) is 14.4. The van der Waals surface area contributed by atoms with Gasteiger partial charge in [0.1, 0.15) is 18.4 Å². The fourth-order valence-corrected chi connectivity index (χ4v) is 6.48. The van der Waals surface area contributed by atoms with E-state index in [-0.39, 0.29) is 35.5 Å². The van der Waals surface area contributed by atoms with Crippen molar-refractivity contribution in [2.24, 2.45) is 0 Å². The van der Waals surface area contributed by atoms with Crippen LogP contribution in [0.5, 0.6) is 0 Å². The predicted octanol–water partition coefficient (Wildman–Crippen LogP) is 5.95. The highest BCUT2D eigenvalue weighted by atomic mass is 79.9. The van der Waals surface area contributed by atoms with Gasteiger partial charge in [0.2, 0.25) is 11.8 Å². The average molecular weight is 667 g/mol. The summed E-state index contributed by atoms with van der Waals surface area (Å²) < 4.78 is 43.3. The van der Waals surface area contributed by atoms with Gasteiger partial charge in [-0.2, -0.15) is 0 Å². The summed E-state index contributed by atoms with van der Waals surface area (Å²) in [6, 6.07) is 28.3. The van der Waals surface area contributed by atoms with Crippen LogP contribution < -0.4 is 9.62 Å². The van der Waals surface area contributed by atoms with Crippen LogP contribution in [0.1, 0.15) is 25.0 Å². The van der Waals surface area contributed by atoms with Gasteiger partial charge in [-0.25, -0.2) is 12.8 Å². The Labute approximate surface area is 260 Å². The lowest BCUT2D eigenvalue weighted by Gasteiger charge is -2.34. The molecule has 43 heavy (non-hydrogen) atoms. The van der Waals surface area contributed by atoms with Gasteiger partial charge in [0.15, 0.2) is 0 Å². The summed E-state index contributed by atoms with van der Waals surface area (Å²) in [5, 5.41) is 2.93. The third kappa shape index (κ3) is 8.52. The number of benzene rings is 4. The van der Waals surface area contributed by atoms with E-state index >= 15 is 0 Å². The second-order valence-electron chi connectivity index (χ2n) is 10.3. The summed E-state index contributed by atoms with van der Waals surface area (Å²) in [6.07, 6.45) is 0.217. The minimum atomic E-state index is -4.29. The number of amides is 2. The molecule has 0 aliphatic rings. The zero-order valence-corrected chi connectivity index (χ0v) is 26.3. The van der Waals surface area contributed by atoms with Gasteiger partial charge in [0.05, 0.1) is 10.6 Å². The zero-order valence-electron chi connectivity index (χ0n) is 23.9. The molecule has 10 heteroatoms. The SMILES string of the molecule is CC(C)NC(=O)[C@@H](Cc1ccccc1)N(Cc1cccc(Br)c1)C(=O)CN(c1ccccc1)S(=O)(=O)c1ccc(F)cc1. The van der Waals surface area contributed by atoms with Crippen molar-refractivity contribution in [3.8, 4) is 0 Å². The standard InChI is InChI=1S/C33H33BrFN3O4S/c1-24(2)36-33(40)31(21-25-10-5-3-6-11-25)37(22-26-12-9-13-27(34)20-26)32(39)23-38(29-14-7-4-8-15-29)43(41,42)30-18-16-28(35)17-19-30/h3-20,24,31H,21-23H2,1-2H3,(H,36,40)/t31-/m1/s1. The highest BCUT2D eigenvalue weighted by molar-refractivity contribution is 9.10. The Morgan fingerprint density at radius 1 is 0.837 bits per heavy atom. The Hall–Kier alpha value is -4.02. The smallest absolute Gasteiger partial charge is 0.264 e. The first-order valence-corrected chi connectivity index (χ1v) is 16.0. The molecule has 0 aliphatic carbocycles. The molecule has 1 atom stereocenters. The highest BCUT2D eigenvalue weighted by Gasteiger charge is 2.34. The maximum absolute atomic E-state index is 14.3. The number of halogens is 2. The Kier molecular flexibility index (Phi) is 10.7. The fraction of sp³-hybridized carbons (Fsp3) is 0.212. The number of hydrogen-bond donors (Lipinski definition) is 1. The van der Waals surface area contributed by atoms with Crippen LogP contribution >= 0.6 is 15.9 Å². The number of para-hydroxylation sites is 1. The van der Waals surface area contributed by atoms with Crippen LogP contribution in [0.25, 0.3) is 0 Å². The van der Waals surface area contributed by atoms with E-state index in [4.69, 9.17) is 0 Å². The summed E-state index contributed by atoms with van der Waals surface area (Å²) >= 11 is 3.47. The van der Waals surface area contributed by atoms with Gasteiger partial charge in [-0.15, -0.1) is 0 Å². The topological polar surface area (TPSA) is 86.8 Å². The van der Waals surface area contributed by atoms with Gasteiger partial charge in [-0.3, -0.25) is 13.9 Å². The van der Waals surface area contributed by atoms with Crippen LogP contribution in [0.3, 0.4) is 0 Å². The molecule has 0 heterocycles. The van der Waals surface area contributed by atoms with E-state index in [1.165, 1.54) is 17.0 Å². The maximum Gasteiger partial charge on any atom is 0.264 e. The van der Waals surface area contributed by atoms with E-state index in [2.05, 4.69) is 21.2 Å². The van der Waals surface area contributed by atoms with Gasteiger partial charge in [-0.1, -0.05) is 76.6 Å². The summed E-state index contributed by atoms with van der Waals surface area (Å²) in [6.45, 7) is 3.15. The predicted molar refractivity (Wildman–Crippen MR) is 169 cm³/mol. The third-order valence-corrected chi connectivity index (χ3v) is 8.95. The third-order valence-electron chi connectivity index (χ3n) is 6.67. The molecule has 0 spiro atoms. The van der Waals surface area contributed by atoms with Crippen LogP contribution in [0.2, 0.25) is 0 Å². The molecule has 2 amide bonds. The summed E-state index contributed by atoms with van der Waals surface area (Å²) in [5.41, 5.74) is 1.86. The van der Waals surface area contributed by atoms with Gasteiger partial charge in [0, 0.05) is 23.5 Å². The van der Waals surface area contributed by atoms with Crippen molar-refractivity contribution in [3.63, 3.8) is 0 Å². The molecule has 0 fully saturated rings. The fourth-order valence-electron chi connectivity index (χ4n) is 4.62. The molecule has 4 aromatic rings. The molecule has 0 bridgehead atoms. The molecule has 224 valence electrons. The molecule has 1 N–H and O–H groups in total. The summed E-state index contributed by atoms with van der Waals surface area (Å²) in [7, 11) is -4.29. The summed E-state index contributed by atoms with van der Waals surface area (Å²) in [4.78, 5) is 29.3. The van der Waals surface area contributed by atoms with Crippen molar-refractivity contribution in [1.82, 2.24) is 10.2 Å². The zero-order chi connectivity index (χ0) is 31.0. The van der Waals surface area contributed by atoms with Crippen molar-refractivity contribution in [2.75, 3.05) is 10.8 Å². The largest absolute Gasteiger partial charge is 0.352 e. The van der Waals surface area contributed by atoms with Crippen molar-refractivity contribution in [2.45, 2.75) is 43.8 Å². The van der Waals surface area contributed by atoms with Crippen molar-refractivity contribution in [3.05, 3.63) is 131 Å². The van der Waals surface area contributed by atoms with E-state index < -0.39 is 34.3 Å². The Morgan fingerprint density at radius 3 is 2.05 bits per heavy atom. The molecule has 7 nitrogen and oxygen atoms in total. The molecule has 0 unspecified atom stereocenters.